The topological polar surface area (TPSA) is 81.0 Å². The van der Waals surface area contributed by atoms with Gasteiger partial charge >= 0.3 is 5.69 Å². The number of hydrogen-bond acceptors (Lipinski definition) is 4. The van der Waals surface area contributed by atoms with Crippen LogP contribution in [-0.2, 0) is 17.8 Å². The second-order valence-electron chi connectivity index (χ2n) is 5.72. The molecule has 0 saturated carbocycles. The van der Waals surface area contributed by atoms with Crippen molar-refractivity contribution in [3.05, 3.63) is 50.6 Å². The molecule has 23 heavy (non-hydrogen) atoms. The molecule has 7 heteroatoms. The number of fused-ring (bicyclic) bond motifs is 2. The quantitative estimate of drug-likeness (QED) is 0.687. The number of hydrogen-bond donors (Lipinski definition) is 3. The van der Waals surface area contributed by atoms with Crippen LogP contribution >= 0.6 is 11.3 Å². The third-order valence-electron chi connectivity index (χ3n) is 4.05. The number of thiophene rings is 1. The van der Waals surface area contributed by atoms with Crippen LogP contribution in [0.3, 0.4) is 0 Å². The third kappa shape index (κ3) is 2.93. The molecule has 118 valence electrons. The summed E-state index contributed by atoms with van der Waals surface area (Å²) < 4.78 is 0. The molecule has 0 spiro atoms. The lowest BCUT2D eigenvalue weighted by molar-refractivity contribution is -0.117. The lowest BCUT2D eigenvalue weighted by Crippen LogP contribution is -2.36. The van der Waals surface area contributed by atoms with Crippen molar-refractivity contribution in [3.8, 4) is 0 Å². The summed E-state index contributed by atoms with van der Waals surface area (Å²) in [6.45, 7) is 2.11. The number of aromatic amines is 2. The molecule has 1 aliphatic rings. The van der Waals surface area contributed by atoms with Gasteiger partial charge in [0.1, 0.15) is 0 Å². The molecule has 0 saturated heterocycles. The van der Waals surface area contributed by atoms with Crippen molar-refractivity contribution in [1.29, 1.82) is 0 Å². The average molecular weight is 328 g/mol. The molecule has 0 fully saturated rings. The Morgan fingerprint density at radius 3 is 3.04 bits per heavy atom. The number of benzene rings is 1. The van der Waals surface area contributed by atoms with E-state index < -0.39 is 0 Å². The first-order chi connectivity index (χ1) is 11.2. The molecule has 4 rings (SSSR count). The van der Waals surface area contributed by atoms with Gasteiger partial charge in [-0.3, -0.25) is 9.69 Å². The second-order valence-corrected chi connectivity index (χ2v) is 6.72. The maximum Gasteiger partial charge on any atom is 0.323 e. The molecule has 0 radical (unpaired) electrons. The van der Waals surface area contributed by atoms with Crippen LogP contribution in [0.2, 0.25) is 0 Å². The van der Waals surface area contributed by atoms with Gasteiger partial charge in [0.15, 0.2) is 0 Å². The van der Waals surface area contributed by atoms with Crippen LogP contribution in [0.15, 0.2) is 34.4 Å². The molecule has 3 aromatic rings. The Morgan fingerprint density at radius 1 is 1.26 bits per heavy atom. The number of nitrogens with zero attached hydrogens (tertiary/aromatic N) is 1. The van der Waals surface area contributed by atoms with Crippen molar-refractivity contribution in [2.45, 2.75) is 13.0 Å². The van der Waals surface area contributed by atoms with Crippen molar-refractivity contribution >= 4 is 34.0 Å². The predicted octanol–water partition coefficient (Wildman–Crippen LogP) is 1.91. The van der Waals surface area contributed by atoms with Crippen molar-refractivity contribution in [1.82, 2.24) is 14.9 Å². The molecule has 1 amide bonds. The number of rotatable bonds is 3. The average Bonchev–Trinajstić information content (AvgIpc) is 3.11. The fourth-order valence-electron chi connectivity index (χ4n) is 2.96. The molecule has 0 bridgehead atoms. The second kappa shape index (κ2) is 5.68. The molecule has 2 aromatic heterocycles. The smallest absolute Gasteiger partial charge is 0.323 e. The summed E-state index contributed by atoms with van der Waals surface area (Å²) in [6, 6.07) is 7.47. The van der Waals surface area contributed by atoms with Crippen LogP contribution in [0.1, 0.15) is 10.4 Å². The third-order valence-corrected chi connectivity index (χ3v) is 5.08. The molecule has 0 aliphatic carbocycles. The van der Waals surface area contributed by atoms with E-state index in [1.165, 1.54) is 10.4 Å². The number of carbonyl (C=O) groups excluding carboxylic acids is 1. The number of H-pyrrole nitrogens is 2. The van der Waals surface area contributed by atoms with E-state index in [-0.39, 0.29) is 11.6 Å². The van der Waals surface area contributed by atoms with E-state index in [0.29, 0.717) is 17.7 Å². The summed E-state index contributed by atoms with van der Waals surface area (Å²) in [5.41, 5.74) is 3.19. The monoisotopic (exact) mass is 328 g/mol. The van der Waals surface area contributed by atoms with E-state index in [1.54, 1.807) is 29.5 Å². The first kappa shape index (κ1) is 14.2. The maximum absolute atomic E-state index is 12.2. The van der Waals surface area contributed by atoms with Gasteiger partial charge in [0.2, 0.25) is 5.91 Å². The van der Waals surface area contributed by atoms with Gasteiger partial charge in [-0.2, -0.15) is 0 Å². The molecule has 1 aliphatic heterocycles. The van der Waals surface area contributed by atoms with Gasteiger partial charge in [-0.05, 0) is 41.6 Å². The van der Waals surface area contributed by atoms with E-state index in [9.17, 15) is 9.59 Å². The molecule has 0 atom stereocenters. The highest BCUT2D eigenvalue weighted by atomic mass is 32.1. The number of nitrogens with one attached hydrogen (secondary N) is 3. The molecular weight excluding hydrogens is 312 g/mol. The molecule has 3 heterocycles. The SMILES string of the molecule is O=C(CN1CCc2sccc2C1)Nc1ccc2[nH]c(=O)[nH]c2c1. The molecule has 0 unspecified atom stereocenters. The van der Waals surface area contributed by atoms with E-state index in [0.717, 1.165) is 25.0 Å². The van der Waals surface area contributed by atoms with Crippen molar-refractivity contribution < 1.29 is 4.79 Å². The largest absolute Gasteiger partial charge is 0.325 e. The summed E-state index contributed by atoms with van der Waals surface area (Å²) in [5, 5.41) is 5.01. The number of amides is 1. The summed E-state index contributed by atoms with van der Waals surface area (Å²) in [4.78, 5) is 32.5. The Kier molecular flexibility index (Phi) is 3.51. The summed E-state index contributed by atoms with van der Waals surface area (Å²) in [6.07, 6.45) is 1.01. The van der Waals surface area contributed by atoms with Gasteiger partial charge in [-0.1, -0.05) is 0 Å². The zero-order valence-corrected chi connectivity index (χ0v) is 13.2. The summed E-state index contributed by atoms with van der Waals surface area (Å²) >= 11 is 1.79. The van der Waals surface area contributed by atoms with Gasteiger partial charge < -0.3 is 15.3 Å². The zero-order valence-electron chi connectivity index (χ0n) is 12.4. The Labute approximate surface area is 136 Å². The first-order valence-electron chi connectivity index (χ1n) is 7.47. The zero-order chi connectivity index (χ0) is 15.8. The Morgan fingerprint density at radius 2 is 2.13 bits per heavy atom. The number of carbonyl (C=O) groups is 1. The summed E-state index contributed by atoms with van der Waals surface area (Å²) in [7, 11) is 0. The fraction of sp³-hybridized carbons (Fsp3) is 0.250. The highest BCUT2D eigenvalue weighted by Gasteiger charge is 2.19. The molecule has 3 N–H and O–H groups in total. The highest BCUT2D eigenvalue weighted by Crippen LogP contribution is 2.23. The van der Waals surface area contributed by atoms with Gasteiger partial charge in [0, 0.05) is 23.7 Å². The number of anilines is 1. The van der Waals surface area contributed by atoms with Gasteiger partial charge in [0.05, 0.1) is 17.6 Å². The standard InChI is InChI=1S/C16H16N4O2S/c21-15(9-20-5-3-14-10(8-20)4-6-23-14)17-11-1-2-12-13(7-11)19-16(22)18-12/h1-2,4,6-7H,3,5,8-9H2,(H,17,21)(H2,18,19,22). The van der Waals surface area contributed by atoms with Gasteiger partial charge in [0.25, 0.3) is 0 Å². The Balaban J connectivity index is 1.42. The van der Waals surface area contributed by atoms with Gasteiger partial charge in [-0.25, -0.2) is 4.79 Å². The van der Waals surface area contributed by atoms with Crippen LogP contribution in [-0.4, -0.2) is 33.9 Å². The van der Waals surface area contributed by atoms with Crippen LogP contribution < -0.4 is 11.0 Å². The fourth-order valence-corrected chi connectivity index (χ4v) is 3.85. The van der Waals surface area contributed by atoms with E-state index in [4.69, 9.17) is 0 Å². The van der Waals surface area contributed by atoms with Crippen molar-refractivity contribution in [2.24, 2.45) is 0 Å². The molecule has 6 nitrogen and oxygen atoms in total. The lowest BCUT2D eigenvalue weighted by Gasteiger charge is -2.26. The number of aromatic nitrogens is 2. The minimum absolute atomic E-state index is 0.0408. The Hall–Kier alpha value is -2.38. The highest BCUT2D eigenvalue weighted by molar-refractivity contribution is 7.10. The lowest BCUT2D eigenvalue weighted by atomic mass is 10.1. The predicted molar refractivity (Wildman–Crippen MR) is 90.8 cm³/mol. The minimum Gasteiger partial charge on any atom is -0.325 e. The van der Waals surface area contributed by atoms with Crippen molar-refractivity contribution in [2.75, 3.05) is 18.4 Å². The molecule has 1 aromatic carbocycles. The number of imidazole rings is 1. The van der Waals surface area contributed by atoms with Crippen LogP contribution in [0.4, 0.5) is 5.69 Å². The van der Waals surface area contributed by atoms with E-state index in [1.807, 2.05) is 0 Å². The van der Waals surface area contributed by atoms with Crippen LogP contribution in [0.5, 0.6) is 0 Å². The van der Waals surface area contributed by atoms with Gasteiger partial charge in [-0.15, -0.1) is 11.3 Å². The minimum atomic E-state index is -0.247. The van der Waals surface area contributed by atoms with Crippen LogP contribution in [0, 0.1) is 0 Å². The Bertz CT molecular complexity index is 923. The summed E-state index contributed by atoms with van der Waals surface area (Å²) in [5.74, 6) is -0.0408. The van der Waals surface area contributed by atoms with Crippen LogP contribution in [0.25, 0.3) is 11.0 Å². The van der Waals surface area contributed by atoms with E-state index in [2.05, 4.69) is 31.6 Å². The van der Waals surface area contributed by atoms with E-state index >= 15 is 0 Å². The first-order valence-corrected chi connectivity index (χ1v) is 8.35. The molecular formula is C16H16N4O2S. The maximum atomic E-state index is 12.2. The normalized spacial score (nSPS) is 14.8. The van der Waals surface area contributed by atoms with Crippen molar-refractivity contribution in [3.63, 3.8) is 0 Å².